The zero-order chi connectivity index (χ0) is 19.6. The van der Waals surface area contributed by atoms with Gasteiger partial charge in [0, 0.05) is 18.8 Å². The minimum Gasteiger partial charge on any atom is -0.326 e. The normalized spacial score (nSPS) is 18.3. The summed E-state index contributed by atoms with van der Waals surface area (Å²) < 4.78 is 27.3. The molecule has 0 aromatic heterocycles. The number of anilines is 1. The lowest BCUT2D eigenvalue weighted by Gasteiger charge is -2.31. The molecule has 1 heterocycles. The van der Waals surface area contributed by atoms with E-state index in [4.69, 9.17) is 0 Å². The smallest absolute Gasteiger partial charge is 0.243 e. The van der Waals surface area contributed by atoms with Crippen LogP contribution in [0.3, 0.4) is 0 Å². The van der Waals surface area contributed by atoms with Crippen LogP contribution in [0.25, 0.3) is 0 Å². The summed E-state index contributed by atoms with van der Waals surface area (Å²) in [6.45, 7) is 6.55. The van der Waals surface area contributed by atoms with Gasteiger partial charge in [0.15, 0.2) is 0 Å². The number of carbonyl (C=O) groups excluding carboxylic acids is 1. The maximum atomic E-state index is 12.9. The Morgan fingerprint density at radius 1 is 1.04 bits per heavy atom. The van der Waals surface area contributed by atoms with Gasteiger partial charge in [0.2, 0.25) is 15.9 Å². The average molecular weight is 387 g/mol. The van der Waals surface area contributed by atoms with Gasteiger partial charge in [-0.2, -0.15) is 4.31 Å². The van der Waals surface area contributed by atoms with Crippen molar-refractivity contribution < 1.29 is 13.2 Å². The fourth-order valence-corrected chi connectivity index (χ4v) is 4.95. The molecule has 1 unspecified atom stereocenters. The first-order valence-corrected chi connectivity index (χ1v) is 10.7. The summed E-state index contributed by atoms with van der Waals surface area (Å²) in [6.07, 6.45) is 1.37. The second-order valence-electron chi connectivity index (χ2n) is 7.32. The largest absolute Gasteiger partial charge is 0.326 e. The standard InChI is InChI=1S/C21H26N2O3S/c1-15-6-9-19(10-7-15)27(25,26)23-12-4-5-18(14-23)21(24)22-20-11-8-16(2)13-17(20)3/h6-11,13,18H,4-5,12,14H2,1-3H3,(H,22,24). The van der Waals surface area contributed by atoms with Crippen LogP contribution >= 0.6 is 0 Å². The molecule has 144 valence electrons. The highest BCUT2D eigenvalue weighted by atomic mass is 32.2. The van der Waals surface area contributed by atoms with E-state index < -0.39 is 10.0 Å². The molecule has 3 rings (SSSR count). The van der Waals surface area contributed by atoms with Crippen LogP contribution in [0, 0.1) is 26.7 Å². The SMILES string of the molecule is Cc1ccc(S(=O)(=O)N2CCCC(C(=O)Nc3ccc(C)cc3C)C2)cc1. The lowest BCUT2D eigenvalue weighted by atomic mass is 9.98. The molecule has 0 radical (unpaired) electrons. The molecule has 6 heteroatoms. The number of piperidine rings is 1. The van der Waals surface area contributed by atoms with Crippen molar-refractivity contribution in [3.8, 4) is 0 Å². The van der Waals surface area contributed by atoms with Gasteiger partial charge in [-0.1, -0.05) is 35.4 Å². The first kappa shape index (κ1) is 19.6. The molecule has 2 aromatic carbocycles. The van der Waals surface area contributed by atoms with Gasteiger partial charge in [0.1, 0.15) is 0 Å². The van der Waals surface area contributed by atoms with Crippen LogP contribution in [0.15, 0.2) is 47.4 Å². The molecule has 1 aliphatic rings. The summed E-state index contributed by atoms with van der Waals surface area (Å²) in [5, 5.41) is 2.97. The van der Waals surface area contributed by atoms with E-state index in [9.17, 15) is 13.2 Å². The molecule has 2 aromatic rings. The van der Waals surface area contributed by atoms with E-state index >= 15 is 0 Å². The summed E-state index contributed by atoms with van der Waals surface area (Å²) in [4.78, 5) is 13.0. The maximum absolute atomic E-state index is 12.9. The highest BCUT2D eigenvalue weighted by Crippen LogP contribution is 2.25. The van der Waals surface area contributed by atoms with Crippen LogP contribution in [0.4, 0.5) is 5.69 Å². The van der Waals surface area contributed by atoms with Crippen LogP contribution in [-0.2, 0) is 14.8 Å². The number of sulfonamides is 1. The van der Waals surface area contributed by atoms with Gasteiger partial charge in [0.25, 0.3) is 0 Å². The fraction of sp³-hybridized carbons (Fsp3) is 0.381. The van der Waals surface area contributed by atoms with Crippen molar-refractivity contribution in [3.05, 3.63) is 59.2 Å². The van der Waals surface area contributed by atoms with Crippen molar-refractivity contribution >= 4 is 21.6 Å². The van der Waals surface area contributed by atoms with Crippen molar-refractivity contribution in [2.24, 2.45) is 5.92 Å². The predicted molar refractivity (Wildman–Crippen MR) is 107 cm³/mol. The van der Waals surface area contributed by atoms with Crippen molar-refractivity contribution in [1.29, 1.82) is 0 Å². The first-order chi connectivity index (χ1) is 12.8. The quantitative estimate of drug-likeness (QED) is 0.872. The summed E-state index contributed by atoms with van der Waals surface area (Å²) in [6, 6.07) is 12.7. The molecule has 1 saturated heterocycles. The van der Waals surface area contributed by atoms with Gasteiger partial charge in [-0.05, 0) is 57.4 Å². The Labute approximate surface area is 161 Å². The number of amides is 1. The molecular formula is C21H26N2O3S. The van der Waals surface area contributed by atoms with Crippen molar-refractivity contribution in [2.75, 3.05) is 18.4 Å². The molecule has 1 aliphatic heterocycles. The van der Waals surface area contributed by atoms with Crippen LogP contribution in [-0.4, -0.2) is 31.7 Å². The number of carbonyl (C=O) groups is 1. The molecule has 0 spiro atoms. The zero-order valence-electron chi connectivity index (χ0n) is 16.0. The van der Waals surface area contributed by atoms with E-state index in [-0.39, 0.29) is 23.3 Å². The minimum absolute atomic E-state index is 0.120. The summed E-state index contributed by atoms with van der Waals surface area (Å²) in [7, 11) is -3.58. The van der Waals surface area contributed by atoms with Crippen LogP contribution in [0.1, 0.15) is 29.5 Å². The third kappa shape index (κ3) is 4.39. The van der Waals surface area contributed by atoms with Crippen molar-refractivity contribution in [1.82, 2.24) is 4.31 Å². The molecule has 1 fully saturated rings. The number of hydrogen-bond donors (Lipinski definition) is 1. The Morgan fingerprint density at radius 3 is 2.37 bits per heavy atom. The number of benzene rings is 2. The predicted octanol–water partition coefficient (Wildman–Crippen LogP) is 3.65. The lowest BCUT2D eigenvalue weighted by Crippen LogP contribution is -2.43. The molecule has 1 N–H and O–H groups in total. The number of aryl methyl sites for hydroxylation is 3. The summed E-state index contributed by atoms with van der Waals surface area (Å²) in [5.41, 5.74) is 3.93. The van der Waals surface area contributed by atoms with Gasteiger partial charge < -0.3 is 5.32 Å². The minimum atomic E-state index is -3.58. The van der Waals surface area contributed by atoms with Crippen molar-refractivity contribution in [2.45, 2.75) is 38.5 Å². The van der Waals surface area contributed by atoms with E-state index in [0.29, 0.717) is 19.4 Å². The van der Waals surface area contributed by atoms with E-state index in [1.807, 2.05) is 39.0 Å². The van der Waals surface area contributed by atoms with Gasteiger partial charge in [-0.3, -0.25) is 4.79 Å². The lowest BCUT2D eigenvalue weighted by molar-refractivity contribution is -0.120. The Kier molecular flexibility index (Phi) is 5.67. The Bertz CT molecular complexity index is 936. The molecule has 0 aliphatic carbocycles. The van der Waals surface area contributed by atoms with E-state index in [0.717, 1.165) is 22.4 Å². The second kappa shape index (κ2) is 7.82. The van der Waals surface area contributed by atoms with Crippen molar-refractivity contribution in [3.63, 3.8) is 0 Å². The van der Waals surface area contributed by atoms with E-state index in [2.05, 4.69) is 5.32 Å². The van der Waals surface area contributed by atoms with Crippen LogP contribution < -0.4 is 5.32 Å². The average Bonchev–Trinajstić information content (AvgIpc) is 2.64. The molecule has 27 heavy (non-hydrogen) atoms. The molecule has 1 amide bonds. The molecule has 0 bridgehead atoms. The molecule has 0 saturated carbocycles. The third-order valence-electron chi connectivity index (χ3n) is 5.05. The Morgan fingerprint density at radius 2 is 1.70 bits per heavy atom. The molecule has 5 nitrogen and oxygen atoms in total. The number of hydrogen-bond acceptors (Lipinski definition) is 3. The first-order valence-electron chi connectivity index (χ1n) is 9.22. The van der Waals surface area contributed by atoms with E-state index in [1.54, 1.807) is 24.3 Å². The highest BCUT2D eigenvalue weighted by molar-refractivity contribution is 7.89. The number of nitrogens with one attached hydrogen (secondary N) is 1. The van der Waals surface area contributed by atoms with E-state index in [1.165, 1.54) is 4.31 Å². The highest BCUT2D eigenvalue weighted by Gasteiger charge is 2.33. The summed E-state index contributed by atoms with van der Waals surface area (Å²) >= 11 is 0. The third-order valence-corrected chi connectivity index (χ3v) is 6.93. The molecular weight excluding hydrogens is 360 g/mol. The van der Waals surface area contributed by atoms with Gasteiger partial charge >= 0.3 is 0 Å². The van der Waals surface area contributed by atoms with Gasteiger partial charge in [-0.15, -0.1) is 0 Å². The van der Waals surface area contributed by atoms with Gasteiger partial charge in [-0.25, -0.2) is 8.42 Å². The Balaban J connectivity index is 1.73. The topological polar surface area (TPSA) is 66.5 Å². The van der Waals surface area contributed by atoms with Crippen LogP contribution in [0.5, 0.6) is 0 Å². The summed E-state index contributed by atoms with van der Waals surface area (Å²) in [5.74, 6) is -0.467. The fourth-order valence-electron chi connectivity index (χ4n) is 3.42. The number of nitrogens with zero attached hydrogens (tertiary/aromatic N) is 1. The van der Waals surface area contributed by atoms with Crippen LogP contribution in [0.2, 0.25) is 0 Å². The second-order valence-corrected chi connectivity index (χ2v) is 9.26. The number of rotatable bonds is 4. The zero-order valence-corrected chi connectivity index (χ0v) is 16.8. The molecule has 1 atom stereocenters. The van der Waals surface area contributed by atoms with Gasteiger partial charge in [0.05, 0.1) is 10.8 Å². The Hall–Kier alpha value is -2.18. The maximum Gasteiger partial charge on any atom is 0.243 e. The monoisotopic (exact) mass is 386 g/mol.